The number of hydrogen-bond donors (Lipinski definition) is 2. The number of hydrogen-bond acceptors (Lipinski definition) is 4. The molecule has 8 aromatic rings. The standard InChI is InChI=1S/C48H40N6/c1-27(2)29-8-10-30(11-9-29)47-51-41-18-14-33(23-45(41)53-47)32-13-17-40-38(21-32)26-44(50-40)35-6-5-7-36(22-35)48-52-42-19-15-34(24-46(42)54-48)31-12-16-39-37(20-31)25-43(49-39)28(3)4/h5-24,27-28H,25-26H2,1-4H3,(H,51,53)(H,52,54). The number of aliphatic imine (C=N–C) groups is 2. The average molecular weight is 701 g/mol. The molecule has 6 nitrogen and oxygen atoms in total. The highest BCUT2D eigenvalue weighted by Crippen LogP contribution is 2.36. The zero-order valence-corrected chi connectivity index (χ0v) is 30.9. The van der Waals surface area contributed by atoms with Crippen molar-refractivity contribution in [2.45, 2.75) is 46.5 Å². The lowest BCUT2D eigenvalue weighted by molar-refractivity contribution is 0.867. The van der Waals surface area contributed by atoms with Gasteiger partial charge in [0.05, 0.1) is 39.2 Å². The van der Waals surface area contributed by atoms with Gasteiger partial charge in [0.2, 0.25) is 0 Å². The van der Waals surface area contributed by atoms with Crippen molar-refractivity contribution >= 4 is 44.9 Å². The second-order valence-electron chi connectivity index (χ2n) is 15.3. The summed E-state index contributed by atoms with van der Waals surface area (Å²) < 4.78 is 0. The normalized spacial score (nSPS) is 13.6. The van der Waals surface area contributed by atoms with Crippen LogP contribution in [-0.2, 0) is 12.8 Å². The van der Waals surface area contributed by atoms with E-state index in [2.05, 4.69) is 159 Å². The summed E-state index contributed by atoms with van der Waals surface area (Å²) in [5.74, 6) is 2.72. The summed E-state index contributed by atoms with van der Waals surface area (Å²) in [7, 11) is 0. The van der Waals surface area contributed by atoms with E-state index in [1.807, 2.05) is 0 Å². The van der Waals surface area contributed by atoms with Crippen molar-refractivity contribution in [2.75, 3.05) is 0 Å². The van der Waals surface area contributed by atoms with Crippen molar-refractivity contribution in [3.05, 3.63) is 144 Å². The van der Waals surface area contributed by atoms with E-state index in [0.29, 0.717) is 11.8 Å². The predicted octanol–water partition coefficient (Wildman–Crippen LogP) is 12.2. The van der Waals surface area contributed by atoms with Crippen LogP contribution in [0.2, 0.25) is 0 Å². The summed E-state index contributed by atoms with van der Waals surface area (Å²) in [6, 6.07) is 43.5. The first-order valence-electron chi connectivity index (χ1n) is 18.9. The molecular weight excluding hydrogens is 661 g/mol. The van der Waals surface area contributed by atoms with Gasteiger partial charge in [-0.05, 0) is 111 Å². The van der Waals surface area contributed by atoms with E-state index in [0.717, 1.165) is 91.5 Å². The summed E-state index contributed by atoms with van der Waals surface area (Å²) in [6.45, 7) is 8.86. The summed E-state index contributed by atoms with van der Waals surface area (Å²) >= 11 is 0. The number of nitrogens with one attached hydrogen (secondary N) is 2. The van der Waals surface area contributed by atoms with Crippen LogP contribution < -0.4 is 0 Å². The predicted molar refractivity (Wildman–Crippen MR) is 224 cm³/mol. The monoisotopic (exact) mass is 700 g/mol. The van der Waals surface area contributed by atoms with Gasteiger partial charge in [-0.15, -0.1) is 0 Å². The average Bonchev–Trinajstić information content (AvgIpc) is 4.01. The first-order chi connectivity index (χ1) is 26.3. The molecule has 0 saturated heterocycles. The Hall–Kier alpha value is -6.40. The molecule has 2 aliphatic rings. The van der Waals surface area contributed by atoms with Crippen LogP contribution in [0.15, 0.2) is 131 Å². The van der Waals surface area contributed by atoms with Crippen LogP contribution in [-0.4, -0.2) is 31.4 Å². The molecule has 0 atom stereocenters. The zero-order chi connectivity index (χ0) is 36.5. The first kappa shape index (κ1) is 32.3. The van der Waals surface area contributed by atoms with Gasteiger partial charge in [-0.1, -0.05) is 94.4 Å². The molecule has 4 heterocycles. The molecule has 2 aliphatic heterocycles. The van der Waals surface area contributed by atoms with Crippen LogP contribution in [0.25, 0.3) is 67.1 Å². The zero-order valence-electron chi connectivity index (χ0n) is 30.9. The third kappa shape index (κ3) is 5.75. The Kier molecular flexibility index (Phi) is 7.55. The quantitative estimate of drug-likeness (QED) is 0.173. The van der Waals surface area contributed by atoms with Gasteiger partial charge in [0.15, 0.2) is 0 Å². The number of H-pyrrole nitrogens is 2. The Balaban J connectivity index is 0.872. The molecule has 54 heavy (non-hydrogen) atoms. The fourth-order valence-corrected chi connectivity index (χ4v) is 7.80. The lowest BCUT2D eigenvalue weighted by atomic mass is 9.98. The van der Waals surface area contributed by atoms with Crippen LogP contribution in [0.4, 0.5) is 11.4 Å². The number of aromatic amines is 2. The minimum Gasteiger partial charge on any atom is -0.338 e. The van der Waals surface area contributed by atoms with E-state index in [4.69, 9.17) is 20.0 Å². The Morgan fingerprint density at radius 2 is 1.00 bits per heavy atom. The number of aromatic nitrogens is 4. The number of rotatable bonds is 7. The summed E-state index contributed by atoms with van der Waals surface area (Å²) in [4.78, 5) is 27.0. The van der Waals surface area contributed by atoms with E-state index < -0.39 is 0 Å². The van der Waals surface area contributed by atoms with Gasteiger partial charge in [0.1, 0.15) is 11.6 Å². The van der Waals surface area contributed by atoms with Gasteiger partial charge in [0.25, 0.3) is 0 Å². The Bertz CT molecular complexity index is 2830. The third-order valence-electron chi connectivity index (χ3n) is 11.0. The van der Waals surface area contributed by atoms with Crippen LogP contribution in [0, 0.1) is 5.92 Å². The van der Waals surface area contributed by atoms with Crippen LogP contribution in [0.1, 0.15) is 55.9 Å². The molecule has 0 spiro atoms. The maximum atomic E-state index is 5.08. The lowest BCUT2D eigenvalue weighted by Gasteiger charge is -2.05. The van der Waals surface area contributed by atoms with Crippen molar-refractivity contribution in [1.29, 1.82) is 0 Å². The van der Waals surface area contributed by atoms with Crippen molar-refractivity contribution in [1.82, 2.24) is 19.9 Å². The van der Waals surface area contributed by atoms with Gasteiger partial charge in [0, 0.05) is 29.7 Å². The number of fused-ring (bicyclic) bond motifs is 4. The molecular formula is C48H40N6. The molecule has 0 fully saturated rings. The Morgan fingerprint density at radius 1 is 0.463 bits per heavy atom. The highest BCUT2D eigenvalue weighted by molar-refractivity contribution is 6.07. The molecule has 6 aromatic carbocycles. The fraction of sp³-hybridized carbons (Fsp3) is 0.167. The summed E-state index contributed by atoms with van der Waals surface area (Å²) in [5.41, 5.74) is 20.2. The molecule has 0 bridgehead atoms. The molecule has 2 N–H and O–H groups in total. The van der Waals surface area contributed by atoms with Crippen LogP contribution in [0.5, 0.6) is 0 Å². The molecule has 2 aromatic heterocycles. The highest BCUT2D eigenvalue weighted by Gasteiger charge is 2.20. The number of imidazole rings is 2. The van der Waals surface area contributed by atoms with Crippen LogP contribution >= 0.6 is 0 Å². The minimum absolute atomic E-state index is 0.463. The lowest BCUT2D eigenvalue weighted by Crippen LogP contribution is -2.06. The van der Waals surface area contributed by atoms with Gasteiger partial charge in [-0.25, -0.2) is 9.97 Å². The molecule has 0 unspecified atom stereocenters. The number of benzene rings is 6. The second kappa shape index (κ2) is 12.6. The molecule has 6 heteroatoms. The van der Waals surface area contributed by atoms with Crippen molar-refractivity contribution in [2.24, 2.45) is 15.9 Å². The van der Waals surface area contributed by atoms with E-state index >= 15 is 0 Å². The molecule has 10 rings (SSSR count). The first-order valence-corrected chi connectivity index (χ1v) is 18.9. The molecule has 0 aliphatic carbocycles. The fourth-order valence-electron chi connectivity index (χ4n) is 7.80. The number of nitrogens with zero attached hydrogens (tertiary/aromatic N) is 4. The van der Waals surface area contributed by atoms with Gasteiger partial charge < -0.3 is 9.97 Å². The van der Waals surface area contributed by atoms with E-state index in [-0.39, 0.29) is 0 Å². The molecule has 0 radical (unpaired) electrons. The highest BCUT2D eigenvalue weighted by atomic mass is 14.9. The van der Waals surface area contributed by atoms with E-state index in [9.17, 15) is 0 Å². The van der Waals surface area contributed by atoms with Gasteiger partial charge in [-0.2, -0.15) is 0 Å². The van der Waals surface area contributed by atoms with E-state index in [1.165, 1.54) is 33.5 Å². The molecule has 0 amide bonds. The molecule has 262 valence electrons. The largest absolute Gasteiger partial charge is 0.338 e. The maximum absolute atomic E-state index is 5.08. The van der Waals surface area contributed by atoms with Gasteiger partial charge in [-0.3, -0.25) is 9.98 Å². The SMILES string of the molecule is CC(C)C1=Nc2ccc(-c3ccc4[nH]c(-c5cccc(C6=Nc7ccc(-c8ccc9[nH]c(-c%10ccc(C(C)C)cc%10)nc9c8)cc7C6)c5)nc4c3)cc2C1. The smallest absolute Gasteiger partial charge is 0.138 e. The second-order valence-corrected chi connectivity index (χ2v) is 15.3. The summed E-state index contributed by atoms with van der Waals surface area (Å²) in [5, 5.41) is 0. The van der Waals surface area contributed by atoms with Crippen molar-refractivity contribution < 1.29 is 0 Å². The molecule has 0 saturated carbocycles. The third-order valence-corrected chi connectivity index (χ3v) is 11.0. The topological polar surface area (TPSA) is 82.1 Å². The van der Waals surface area contributed by atoms with E-state index in [1.54, 1.807) is 0 Å². The Labute approximate surface area is 314 Å². The van der Waals surface area contributed by atoms with Gasteiger partial charge >= 0.3 is 0 Å². The minimum atomic E-state index is 0.463. The van der Waals surface area contributed by atoms with Crippen LogP contribution in [0.3, 0.4) is 0 Å². The maximum Gasteiger partial charge on any atom is 0.138 e. The van der Waals surface area contributed by atoms with Crippen molar-refractivity contribution in [3.63, 3.8) is 0 Å². The van der Waals surface area contributed by atoms with Crippen molar-refractivity contribution in [3.8, 4) is 45.0 Å². The Morgan fingerprint density at radius 3 is 1.63 bits per heavy atom. The summed E-state index contributed by atoms with van der Waals surface area (Å²) in [6.07, 6.45) is 1.71.